The van der Waals surface area contributed by atoms with E-state index in [-0.39, 0.29) is 0 Å². The van der Waals surface area contributed by atoms with E-state index in [0.717, 1.165) is 33.4 Å². The molecule has 1 aliphatic heterocycles. The van der Waals surface area contributed by atoms with Gasteiger partial charge in [0.15, 0.2) is 5.11 Å². The minimum Gasteiger partial charge on any atom is -0.345 e. The molecule has 2 heterocycles. The van der Waals surface area contributed by atoms with Gasteiger partial charge in [-0.15, -0.1) is 11.3 Å². The van der Waals surface area contributed by atoms with Gasteiger partial charge in [0.05, 0.1) is 10.2 Å². The van der Waals surface area contributed by atoms with Crippen LogP contribution in [0.4, 0.5) is 5.69 Å². The van der Waals surface area contributed by atoms with Crippen molar-refractivity contribution in [3.63, 3.8) is 0 Å². The number of thiocarbonyl (C=S) groups is 1. The molecule has 30 heavy (non-hydrogen) atoms. The van der Waals surface area contributed by atoms with Gasteiger partial charge in [-0.25, -0.2) is 4.98 Å². The maximum Gasteiger partial charge on any atom is 0.173 e. The molecule has 2 aromatic carbocycles. The normalized spacial score (nSPS) is 24.9. The van der Waals surface area contributed by atoms with Crippen molar-refractivity contribution in [1.82, 2.24) is 9.88 Å². The summed E-state index contributed by atoms with van der Waals surface area (Å²) in [5.74, 6) is 0. The SMILES string of the molecule is Cc1ccc2nc(-c3ccc(NC(=S)N4C[C@@]5(C)C[C@H]4CC(C)(C)C5)cc3)sc2c1. The van der Waals surface area contributed by atoms with Gasteiger partial charge in [0.1, 0.15) is 5.01 Å². The maximum atomic E-state index is 5.83. The molecule has 1 N–H and O–H groups in total. The van der Waals surface area contributed by atoms with Crippen molar-refractivity contribution in [2.75, 3.05) is 11.9 Å². The standard InChI is InChI=1S/C25H29N3S2/c1-16-5-10-20-21(11-16)30-22(27-20)17-6-8-18(9-7-17)26-23(29)28-15-25(4)13-19(28)12-24(2,3)14-25/h5-11,19H,12-15H2,1-4H3,(H,26,29)/t19-,25+/m1/s1. The number of likely N-dealkylation sites (tertiary alicyclic amines) is 1. The highest BCUT2D eigenvalue weighted by Gasteiger charge is 2.50. The van der Waals surface area contributed by atoms with Gasteiger partial charge in [-0.3, -0.25) is 0 Å². The number of thiazole rings is 1. The third-order valence-electron chi connectivity index (χ3n) is 6.60. The van der Waals surface area contributed by atoms with Crippen LogP contribution >= 0.6 is 23.6 Å². The number of anilines is 1. The number of fused-ring (bicyclic) bond motifs is 3. The summed E-state index contributed by atoms with van der Waals surface area (Å²) < 4.78 is 1.24. The summed E-state index contributed by atoms with van der Waals surface area (Å²) in [6.07, 6.45) is 3.76. The number of aromatic nitrogens is 1. The predicted molar refractivity (Wildman–Crippen MR) is 132 cm³/mol. The van der Waals surface area contributed by atoms with Crippen molar-refractivity contribution >= 4 is 44.6 Å². The number of aryl methyl sites for hydroxylation is 1. The van der Waals surface area contributed by atoms with Gasteiger partial charge < -0.3 is 10.2 Å². The number of nitrogens with zero attached hydrogens (tertiary/aromatic N) is 2. The number of nitrogens with one attached hydrogen (secondary N) is 1. The zero-order chi connectivity index (χ0) is 21.1. The zero-order valence-corrected chi connectivity index (χ0v) is 19.8. The third kappa shape index (κ3) is 3.74. The molecule has 2 bridgehead atoms. The van der Waals surface area contributed by atoms with Gasteiger partial charge >= 0.3 is 0 Å². The van der Waals surface area contributed by atoms with E-state index in [1.165, 1.54) is 29.5 Å². The second kappa shape index (κ2) is 7.03. The first-order chi connectivity index (χ1) is 14.2. The van der Waals surface area contributed by atoms with Gasteiger partial charge in [0.25, 0.3) is 0 Å². The monoisotopic (exact) mass is 435 g/mol. The van der Waals surface area contributed by atoms with E-state index in [4.69, 9.17) is 17.2 Å². The fourth-order valence-corrected chi connectivity index (χ4v) is 7.14. The zero-order valence-electron chi connectivity index (χ0n) is 18.2. The van der Waals surface area contributed by atoms with Gasteiger partial charge in [-0.05, 0) is 91.2 Å². The van der Waals surface area contributed by atoms with Crippen molar-refractivity contribution in [2.24, 2.45) is 10.8 Å². The lowest BCUT2D eigenvalue weighted by atomic mass is 9.65. The Hall–Kier alpha value is -1.98. The minimum absolute atomic E-state index is 0.382. The van der Waals surface area contributed by atoms with Crippen LogP contribution in [0.1, 0.15) is 45.6 Å². The Morgan fingerprint density at radius 3 is 2.67 bits per heavy atom. The molecule has 5 heteroatoms. The van der Waals surface area contributed by atoms with Crippen LogP contribution in [0.25, 0.3) is 20.8 Å². The average molecular weight is 436 g/mol. The molecule has 2 atom stereocenters. The van der Waals surface area contributed by atoms with Crippen LogP contribution in [0.15, 0.2) is 42.5 Å². The average Bonchev–Trinajstić information content (AvgIpc) is 3.19. The van der Waals surface area contributed by atoms with E-state index in [0.29, 0.717) is 16.9 Å². The highest BCUT2D eigenvalue weighted by Crippen LogP contribution is 2.52. The Balaban J connectivity index is 1.31. The van der Waals surface area contributed by atoms with Gasteiger partial charge in [0, 0.05) is 23.8 Å². The van der Waals surface area contributed by atoms with E-state index in [1.54, 1.807) is 11.3 Å². The van der Waals surface area contributed by atoms with E-state index in [1.807, 2.05) is 0 Å². The molecular formula is C25H29N3S2. The van der Waals surface area contributed by atoms with Crippen LogP contribution in [-0.4, -0.2) is 27.6 Å². The second-order valence-corrected chi connectivity index (χ2v) is 11.8. The number of benzene rings is 2. The summed E-state index contributed by atoms with van der Waals surface area (Å²) in [5, 5.41) is 5.42. The summed E-state index contributed by atoms with van der Waals surface area (Å²) in [6.45, 7) is 10.4. The maximum absolute atomic E-state index is 5.83. The van der Waals surface area contributed by atoms with Crippen LogP contribution in [0.2, 0.25) is 0 Å². The van der Waals surface area contributed by atoms with Crippen molar-refractivity contribution in [1.29, 1.82) is 0 Å². The lowest BCUT2D eigenvalue weighted by Crippen LogP contribution is -2.39. The fraction of sp³-hybridized carbons (Fsp3) is 0.440. The molecule has 1 aliphatic carbocycles. The second-order valence-electron chi connectivity index (χ2n) is 10.3. The molecule has 0 amide bonds. The van der Waals surface area contributed by atoms with E-state index < -0.39 is 0 Å². The first kappa shape index (κ1) is 20.0. The fourth-order valence-electron chi connectivity index (χ4n) is 5.74. The minimum atomic E-state index is 0.382. The molecule has 1 saturated carbocycles. The molecule has 3 nitrogen and oxygen atoms in total. The Kier molecular flexibility index (Phi) is 4.67. The quantitative estimate of drug-likeness (QED) is 0.445. The number of hydrogen-bond acceptors (Lipinski definition) is 3. The molecule has 0 unspecified atom stereocenters. The smallest absolute Gasteiger partial charge is 0.173 e. The topological polar surface area (TPSA) is 28.2 Å². The molecule has 2 aliphatic rings. The van der Waals surface area contributed by atoms with Gasteiger partial charge in [0.2, 0.25) is 0 Å². The molecule has 0 spiro atoms. The summed E-state index contributed by atoms with van der Waals surface area (Å²) >= 11 is 7.58. The highest BCUT2D eigenvalue weighted by molar-refractivity contribution is 7.80. The first-order valence-electron chi connectivity index (χ1n) is 10.8. The summed E-state index contributed by atoms with van der Waals surface area (Å²) in [5.41, 5.74) is 5.32. The Bertz CT molecular complexity index is 1120. The molecule has 3 aromatic rings. The van der Waals surface area contributed by atoms with Gasteiger partial charge in [-0.1, -0.05) is 26.8 Å². The van der Waals surface area contributed by atoms with E-state index in [2.05, 4.69) is 80.4 Å². The predicted octanol–water partition coefficient (Wildman–Crippen LogP) is 6.87. The van der Waals surface area contributed by atoms with Crippen LogP contribution in [-0.2, 0) is 0 Å². The Labute approximate surface area is 188 Å². The Morgan fingerprint density at radius 2 is 1.90 bits per heavy atom. The molecular weight excluding hydrogens is 406 g/mol. The molecule has 156 valence electrons. The largest absolute Gasteiger partial charge is 0.345 e. The van der Waals surface area contributed by atoms with Crippen molar-refractivity contribution in [3.8, 4) is 10.6 Å². The van der Waals surface area contributed by atoms with Gasteiger partial charge in [-0.2, -0.15) is 0 Å². The Morgan fingerprint density at radius 1 is 1.13 bits per heavy atom. The lowest BCUT2D eigenvalue weighted by Gasteiger charge is -2.39. The van der Waals surface area contributed by atoms with Crippen molar-refractivity contribution in [2.45, 2.75) is 53.0 Å². The van der Waals surface area contributed by atoms with Crippen LogP contribution < -0.4 is 5.32 Å². The summed E-state index contributed by atoms with van der Waals surface area (Å²) in [6, 6.07) is 15.5. The van der Waals surface area contributed by atoms with Crippen LogP contribution in [0.5, 0.6) is 0 Å². The molecule has 1 aromatic heterocycles. The summed E-state index contributed by atoms with van der Waals surface area (Å²) in [4.78, 5) is 7.24. The summed E-state index contributed by atoms with van der Waals surface area (Å²) in [7, 11) is 0. The third-order valence-corrected chi connectivity index (χ3v) is 8.01. The van der Waals surface area contributed by atoms with Crippen molar-refractivity contribution in [3.05, 3.63) is 48.0 Å². The lowest BCUT2D eigenvalue weighted by molar-refractivity contribution is 0.132. The number of hydrogen-bond donors (Lipinski definition) is 1. The van der Waals surface area contributed by atoms with E-state index >= 15 is 0 Å². The van der Waals surface area contributed by atoms with Crippen LogP contribution in [0, 0.1) is 17.8 Å². The molecule has 0 radical (unpaired) electrons. The first-order valence-corrected chi connectivity index (χ1v) is 12.0. The molecule has 5 rings (SSSR count). The van der Waals surface area contributed by atoms with E-state index in [9.17, 15) is 0 Å². The molecule has 1 saturated heterocycles. The van der Waals surface area contributed by atoms with Crippen LogP contribution in [0.3, 0.4) is 0 Å². The number of rotatable bonds is 2. The molecule has 2 fully saturated rings. The van der Waals surface area contributed by atoms with Crippen molar-refractivity contribution < 1.29 is 0 Å². The highest BCUT2D eigenvalue weighted by atomic mass is 32.1.